The molecule has 4 rings (SSSR count). The first-order chi connectivity index (χ1) is 15.0. The third-order valence-corrected chi connectivity index (χ3v) is 5.53. The summed E-state index contributed by atoms with van der Waals surface area (Å²) in [4.78, 5) is 42.9. The Morgan fingerprint density at radius 2 is 1.74 bits per heavy atom. The number of hydrogen-bond acceptors (Lipinski definition) is 5. The van der Waals surface area contributed by atoms with Crippen molar-refractivity contribution in [1.82, 2.24) is 0 Å². The SMILES string of the molecule is COC(=O)/C=C1\SC(=NC(=O)c2ccccc2F)N(c2cccc3ccccc23)C1=O. The van der Waals surface area contributed by atoms with Crippen LogP contribution in [0.3, 0.4) is 0 Å². The molecule has 0 aliphatic carbocycles. The smallest absolute Gasteiger partial charge is 0.331 e. The second kappa shape index (κ2) is 8.53. The van der Waals surface area contributed by atoms with E-state index in [1.165, 1.54) is 30.2 Å². The van der Waals surface area contributed by atoms with Crippen LogP contribution in [0.5, 0.6) is 0 Å². The van der Waals surface area contributed by atoms with E-state index in [9.17, 15) is 18.8 Å². The first kappa shape index (κ1) is 20.5. The van der Waals surface area contributed by atoms with Crippen LogP contribution in [0.4, 0.5) is 10.1 Å². The highest BCUT2D eigenvalue weighted by Gasteiger charge is 2.37. The maximum Gasteiger partial charge on any atom is 0.331 e. The maximum absolute atomic E-state index is 14.1. The van der Waals surface area contributed by atoms with Gasteiger partial charge in [-0.1, -0.05) is 48.5 Å². The fourth-order valence-electron chi connectivity index (χ4n) is 3.11. The summed E-state index contributed by atoms with van der Waals surface area (Å²) in [7, 11) is 1.20. The number of aliphatic imine (C=N–C) groups is 1. The van der Waals surface area contributed by atoms with Crippen LogP contribution < -0.4 is 4.90 Å². The number of rotatable bonds is 3. The number of fused-ring (bicyclic) bond motifs is 1. The van der Waals surface area contributed by atoms with Crippen molar-refractivity contribution < 1.29 is 23.5 Å². The summed E-state index contributed by atoms with van der Waals surface area (Å²) in [5, 5.41) is 1.65. The third-order valence-electron chi connectivity index (χ3n) is 4.57. The molecule has 1 fully saturated rings. The Bertz CT molecular complexity index is 1280. The molecular formula is C23H15FN2O4S. The van der Waals surface area contributed by atoms with Crippen LogP contribution in [0, 0.1) is 5.82 Å². The zero-order valence-electron chi connectivity index (χ0n) is 16.2. The van der Waals surface area contributed by atoms with Gasteiger partial charge in [0.25, 0.3) is 11.8 Å². The first-order valence-corrected chi connectivity index (χ1v) is 9.98. The van der Waals surface area contributed by atoms with Crippen LogP contribution in [-0.4, -0.2) is 30.1 Å². The monoisotopic (exact) mass is 434 g/mol. The van der Waals surface area contributed by atoms with Gasteiger partial charge in [0.15, 0.2) is 5.17 Å². The molecule has 1 heterocycles. The summed E-state index contributed by atoms with van der Waals surface area (Å²) in [6.45, 7) is 0. The molecule has 1 aliphatic rings. The lowest BCUT2D eigenvalue weighted by Gasteiger charge is -2.18. The zero-order chi connectivity index (χ0) is 22.0. The third kappa shape index (κ3) is 3.97. The summed E-state index contributed by atoms with van der Waals surface area (Å²) >= 11 is 0.846. The Kier molecular flexibility index (Phi) is 5.64. The van der Waals surface area contributed by atoms with Gasteiger partial charge >= 0.3 is 5.97 Å². The largest absolute Gasteiger partial charge is 0.466 e. The van der Waals surface area contributed by atoms with Crippen LogP contribution in [0.15, 0.2) is 82.7 Å². The lowest BCUT2D eigenvalue weighted by Crippen LogP contribution is -2.29. The summed E-state index contributed by atoms with van der Waals surface area (Å²) in [6.07, 6.45) is 1.04. The summed E-state index contributed by atoms with van der Waals surface area (Å²) < 4.78 is 18.7. The molecular weight excluding hydrogens is 419 g/mol. The van der Waals surface area contributed by atoms with Crippen molar-refractivity contribution in [1.29, 1.82) is 0 Å². The minimum Gasteiger partial charge on any atom is -0.466 e. The molecule has 0 aromatic heterocycles. The maximum atomic E-state index is 14.1. The molecule has 0 saturated carbocycles. The van der Waals surface area contributed by atoms with Crippen LogP contribution >= 0.6 is 11.8 Å². The van der Waals surface area contributed by atoms with Crippen molar-refractivity contribution in [3.05, 3.63) is 89.1 Å². The van der Waals surface area contributed by atoms with Crippen LogP contribution in [-0.2, 0) is 14.3 Å². The number of amidine groups is 1. The van der Waals surface area contributed by atoms with Crippen molar-refractivity contribution in [3.63, 3.8) is 0 Å². The molecule has 0 unspecified atom stereocenters. The van der Waals surface area contributed by atoms with Crippen molar-refractivity contribution in [2.24, 2.45) is 4.99 Å². The summed E-state index contributed by atoms with van der Waals surface area (Å²) in [5.41, 5.74) is 0.273. The summed E-state index contributed by atoms with van der Waals surface area (Å²) in [6, 6.07) is 18.2. The Morgan fingerprint density at radius 1 is 1.03 bits per heavy atom. The number of hydrogen-bond donors (Lipinski definition) is 0. The highest BCUT2D eigenvalue weighted by molar-refractivity contribution is 8.19. The molecule has 31 heavy (non-hydrogen) atoms. The minimum atomic E-state index is -0.835. The molecule has 6 nitrogen and oxygen atoms in total. The first-order valence-electron chi connectivity index (χ1n) is 9.17. The van der Waals surface area contributed by atoms with Crippen LogP contribution in [0.2, 0.25) is 0 Å². The number of esters is 1. The van der Waals surface area contributed by atoms with E-state index in [4.69, 9.17) is 0 Å². The predicted molar refractivity (Wildman–Crippen MR) is 117 cm³/mol. The lowest BCUT2D eigenvalue weighted by atomic mass is 10.1. The molecule has 8 heteroatoms. The van der Waals surface area contributed by atoms with Gasteiger partial charge in [0.05, 0.1) is 23.3 Å². The van der Waals surface area contributed by atoms with Gasteiger partial charge in [-0.25, -0.2) is 9.18 Å². The van der Waals surface area contributed by atoms with E-state index in [1.54, 1.807) is 12.1 Å². The number of thioether (sulfide) groups is 1. The van der Waals surface area contributed by atoms with E-state index in [-0.39, 0.29) is 15.6 Å². The Balaban J connectivity index is 1.86. The Labute approximate surface area is 181 Å². The molecule has 0 N–H and O–H groups in total. The van der Waals surface area contributed by atoms with Gasteiger partial charge in [0.2, 0.25) is 0 Å². The molecule has 0 radical (unpaired) electrons. The number of carbonyl (C=O) groups is 3. The van der Waals surface area contributed by atoms with Crippen molar-refractivity contribution in [2.75, 3.05) is 12.0 Å². The number of nitrogens with zero attached hydrogens (tertiary/aromatic N) is 2. The van der Waals surface area contributed by atoms with E-state index < -0.39 is 23.6 Å². The quantitative estimate of drug-likeness (QED) is 0.454. The fourth-order valence-corrected chi connectivity index (χ4v) is 4.04. The number of anilines is 1. The Hall–Kier alpha value is -3.78. The average molecular weight is 434 g/mol. The van der Waals surface area contributed by atoms with Gasteiger partial charge in [-0.05, 0) is 35.3 Å². The van der Waals surface area contributed by atoms with Crippen molar-refractivity contribution in [2.45, 2.75) is 0 Å². The van der Waals surface area contributed by atoms with Gasteiger partial charge in [-0.15, -0.1) is 0 Å². The molecule has 1 saturated heterocycles. The van der Waals surface area contributed by atoms with Gasteiger partial charge in [-0.2, -0.15) is 4.99 Å². The van der Waals surface area contributed by atoms with Crippen LogP contribution in [0.1, 0.15) is 10.4 Å². The molecule has 0 spiro atoms. The van der Waals surface area contributed by atoms with E-state index in [0.29, 0.717) is 5.69 Å². The van der Waals surface area contributed by atoms with Gasteiger partial charge < -0.3 is 4.74 Å². The lowest BCUT2D eigenvalue weighted by molar-refractivity contribution is -0.135. The second-order valence-electron chi connectivity index (χ2n) is 6.45. The minimum absolute atomic E-state index is 0.0183. The standard InChI is InChI=1S/C23H15FN2O4S/c1-30-20(27)13-19-22(29)26(18-12-6-8-14-7-2-3-9-15(14)18)23(31-19)25-21(28)16-10-4-5-11-17(16)24/h2-13H,1H3/b19-13-,25-23?. The topological polar surface area (TPSA) is 76.0 Å². The number of amides is 2. The van der Waals surface area contributed by atoms with Gasteiger partial charge in [-0.3, -0.25) is 14.5 Å². The van der Waals surface area contributed by atoms with E-state index in [2.05, 4.69) is 9.73 Å². The average Bonchev–Trinajstić information content (AvgIpc) is 3.07. The van der Waals surface area contributed by atoms with Gasteiger partial charge in [0, 0.05) is 11.5 Å². The fraction of sp³-hybridized carbons (Fsp3) is 0.0435. The highest BCUT2D eigenvalue weighted by atomic mass is 32.2. The molecule has 0 bridgehead atoms. The highest BCUT2D eigenvalue weighted by Crippen LogP contribution is 2.38. The predicted octanol–water partition coefficient (Wildman–Crippen LogP) is 4.31. The molecule has 3 aromatic carbocycles. The number of carbonyl (C=O) groups excluding carboxylic acids is 3. The number of halogens is 1. The zero-order valence-corrected chi connectivity index (χ0v) is 17.1. The molecule has 154 valence electrons. The molecule has 3 aromatic rings. The van der Waals surface area contributed by atoms with Crippen molar-refractivity contribution in [3.8, 4) is 0 Å². The number of benzene rings is 3. The summed E-state index contributed by atoms with van der Waals surface area (Å²) in [5.74, 6) is -2.80. The number of methoxy groups -OCH3 is 1. The van der Waals surface area contributed by atoms with E-state index in [0.717, 1.165) is 34.7 Å². The van der Waals surface area contributed by atoms with Crippen LogP contribution in [0.25, 0.3) is 10.8 Å². The van der Waals surface area contributed by atoms with E-state index in [1.807, 2.05) is 30.3 Å². The van der Waals surface area contributed by atoms with Crippen molar-refractivity contribution >= 4 is 51.2 Å². The number of ether oxygens (including phenoxy) is 1. The van der Waals surface area contributed by atoms with Gasteiger partial charge in [0.1, 0.15) is 5.82 Å². The second-order valence-corrected chi connectivity index (χ2v) is 7.46. The van der Waals surface area contributed by atoms with E-state index >= 15 is 0 Å². The molecule has 1 aliphatic heterocycles. The molecule has 2 amide bonds. The molecule has 0 atom stereocenters. The Morgan fingerprint density at radius 3 is 2.52 bits per heavy atom. The normalized spacial score (nSPS) is 16.3.